The summed E-state index contributed by atoms with van der Waals surface area (Å²) in [4.78, 5) is 25.1. The number of hydrogen-bond donors (Lipinski definition) is 10. The van der Waals surface area contributed by atoms with Gasteiger partial charge in [0.1, 0.15) is 72.9 Å². The van der Waals surface area contributed by atoms with Crippen LogP contribution in [0.2, 0.25) is 0 Å². The highest BCUT2D eigenvalue weighted by Crippen LogP contribution is 2.71. The van der Waals surface area contributed by atoms with Crippen LogP contribution in [0.25, 0.3) is 0 Å². The first-order chi connectivity index (χ1) is 34.0. The molecule has 21 heteroatoms. The molecule has 21 nitrogen and oxygen atoms in total. The highest BCUT2D eigenvalue weighted by Gasteiger charge is 2.69. The standard InChI is InChI=1S/C51H80O21/c1-22-35-31(72-51(22)14-9-24(21-65-51)30(54)17-48(3,63)18-34(55)64-6)16-29-27-8-7-25-15-26(10-12-49(25,4)28(27)11-13-50(29,35)5)67-47-44(71-45-40(60)38(58)36(56)23(2)66-45)42(62)43(33(20-53)69-47)70-46-41(61)39(59)37(57)32(19-52)68-46/h7,22-24,26-29,31-33,35-47,52-53,56-63H,8-21H2,1-6H3/t22-,23-,24+,26-,27?,28?,29?,31?,32-,33+,35?,36-,37-,38+,39+,40+,41-,42-,43+,44+,45-,46+,47+,48-,49-,50-,51?/m0/s1. The van der Waals surface area contributed by atoms with Gasteiger partial charge in [-0.25, -0.2) is 0 Å². The monoisotopic (exact) mass is 1030 g/mol. The Labute approximate surface area is 420 Å². The Bertz CT molecular complexity index is 1960. The number of carbonyl (C=O) groups is 2. The van der Waals surface area contributed by atoms with Crippen LogP contribution >= 0.6 is 0 Å². The lowest BCUT2D eigenvalue weighted by Gasteiger charge is -2.59. The van der Waals surface area contributed by atoms with Gasteiger partial charge in [-0.15, -0.1) is 0 Å². The number of ketones is 1. The molecule has 0 radical (unpaired) electrons. The fourth-order valence-corrected chi connectivity index (χ4v) is 15.1. The summed E-state index contributed by atoms with van der Waals surface area (Å²) in [6, 6.07) is 0. The first kappa shape index (κ1) is 54.9. The molecule has 0 aromatic heterocycles. The van der Waals surface area contributed by atoms with E-state index in [9.17, 15) is 60.7 Å². The maximum absolute atomic E-state index is 13.3. The molecule has 0 aromatic carbocycles. The van der Waals surface area contributed by atoms with Gasteiger partial charge in [0.15, 0.2) is 24.7 Å². The number of fused-ring (bicyclic) bond motifs is 7. The second-order valence-electron chi connectivity index (χ2n) is 23.6. The zero-order chi connectivity index (χ0) is 52.0. The Morgan fingerprint density at radius 1 is 0.750 bits per heavy atom. The Balaban J connectivity index is 0.869. The predicted octanol–water partition coefficient (Wildman–Crippen LogP) is -0.532. The van der Waals surface area contributed by atoms with Crippen LogP contribution in [-0.2, 0) is 52.2 Å². The first-order valence-corrected chi connectivity index (χ1v) is 26.2. The van der Waals surface area contributed by atoms with Crippen molar-refractivity contribution in [3.63, 3.8) is 0 Å². The van der Waals surface area contributed by atoms with E-state index in [1.807, 2.05) is 0 Å². The van der Waals surface area contributed by atoms with Crippen LogP contribution < -0.4 is 0 Å². The number of rotatable bonds is 13. The van der Waals surface area contributed by atoms with Gasteiger partial charge >= 0.3 is 5.97 Å². The number of aliphatic hydroxyl groups is 10. The number of Topliss-reactive ketones (excluding diaryl/α,β-unsaturated/α-hetero) is 1. The summed E-state index contributed by atoms with van der Waals surface area (Å²) in [6.45, 7) is 8.74. The Morgan fingerprint density at radius 3 is 2.08 bits per heavy atom. The molecule has 9 aliphatic rings. The van der Waals surface area contributed by atoms with Crippen molar-refractivity contribution in [3.8, 4) is 0 Å². The molecule has 410 valence electrons. The van der Waals surface area contributed by atoms with E-state index in [2.05, 4.69) is 26.8 Å². The van der Waals surface area contributed by atoms with Crippen molar-refractivity contribution in [1.29, 1.82) is 0 Å². The van der Waals surface area contributed by atoms with Crippen molar-refractivity contribution in [3.05, 3.63) is 11.6 Å². The highest BCUT2D eigenvalue weighted by atomic mass is 16.8. The third-order valence-corrected chi connectivity index (χ3v) is 19.2. The zero-order valence-electron chi connectivity index (χ0n) is 42.2. The number of aliphatic hydroxyl groups excluding tert-OH is 9. The molecular weight excluding hydrogens is 949 g/mol. The minimum absolute atomic E-state index is 0.0166. The van der Waals surface area contributed by atoms with Gasteiger partial charge < -0.3 is 93.7 Å². The van der Waals surface area contributed by atoms with Gasteiger partial charge in [-0.1, -0.05) is 32.4 Å². The largest absolute Gasteiger partial charge is 0.469 e. The summed E-state index contributed by atoms with van der Waals surface area (Å²) < 4.78 is 54.7. The van der Waals surface area contributed by atoms with Crippen LogP contribution in [0.5, 0.6) is 0 Å². The van der Waals surface area contributed by atoms with Gasteiger partial charge in [0.25, 0.3) is 0 Å². The van der Waals surface area contributed by atoms with Crippen LogP contribution in [0.1, 0.15) is 105 Å². The van der Waals surface area contributed by atoms with Crippen molar-refractivity contribution in [1.82, 2.24) is 0 Å². The number of esters is 1. The van der Waals surface area contributed by atoms with Crippen molar-refractivity contribution >= 4 is 11.8 Å². The third kappa shape index (κ3) is 9.69. The highest BCUT2D eigenvalue weighted by molar-refractivity contribution is 5.83. The van der Waals surface area contributed by atoms with Crippen LogP contribution in [0.3, 0.4) is 0 Å². The molecule has 10 N–H and O–H groups in total. The first-order valence-electron chi connectivity index (χ1n) is 26.2. The van der Waals surface area contributed by atoms with Crippen molar-refractivity contribution in [2.75, 3.05) is 26.9 Å². The zero-order valence-corrected chi connectivity index (χ0v) is 42.2. The quantitative estimate of drug-likeness (QED) is 0.0819. The van der Waals surface area contributed by atoms with Crippen molar-refractivity contribution in [2.45, 2.75) is 221 Å². The van der Waals surface area contributed by atoms with E-state index < -0.39 is 135 Å². The van der Waals surface area contributed by atoms with Crippen LogP contribution in [0.4, 0.5) is 0 Å². The summed E-state index contributed by atoms with van der Waals surface area (Å²) in [5.41, 5.74) is -0.345. The van der Waals surface area contributed by atoms with Crippen molar-refractivity contribution in [2.24, 2.45) is 46.3 Å². The lowest BCUT2D eigenvalue weighted by molar-refractivity contribution is -0.389. The van der Waals surface area contributed by atoms with Crippen molar-refractivity contribution < 1.29 is 103 Å². The molecule has 0 amide bonds. The van der Waals surface area contributed by atoms with Gasteiger partial charge in [0, 0.05) is 24.7 Å². The van der Waals surface area contributed by atoms with E-state index in [1.165, 1.54) is 26.5 Å². The molecule has 4 aliphatic carbocycles. The molecule has 9 rings (SSSR count). The van der Waals surface area contributed by atoms with E-state index in [0.717, 1.165) is 32.1 Å². The molecular formula is C51H80O21. The summed E-state index contributed by atoms with van der Waals surface area (Å²) in [5, 5.41) is 107. The van der Waals surface area contributed by atoms with E-state index >= 15 is 0 Å². The average molecular weight is 1030 g/mol. The summed E-state index contributed by atoms with van der Waals surface area (Å²) in [7, 11) is 1.25. The lowest BCUT2D eigenvalue weighted by atomic mass is 9.47. The Morgan fingerprint density at radius 2 is 1.42 bits per heavy atom. The van der Waals surface area contributed by atoms with Gasteiger partial charge in [-0.2, -0.15) is 0 Å². The second-order valence-corrected chi connectivity index (χ2v) is 23.6. The summed E-state index contributed by atoms with van der Waals surface area (Å²) in [5.74, 6) is -0.241. The molecule has 5 saturated heterocycles. The third-order valence-electron chi connectivity index (χ3n) is 19.2. The molecule has 1 spiro atoms. The molecule has 8 fully saturated rings. The summed E-state index contributed by atoms with van der Waals surface area (Å²) in [6.07, 6.45) is -14.9. The van der Waals surface area contributed by atoms with Gasteiger partial charge in [0.2, 0.25) is 0 Å². The number of ether oxygens (including phenoxy) is 9. The minimum Gasteiger partial charge on any atom is -0.469 e. The molecule has 0 aromatic rings. The normalized spacial score (nSPS) is 52.1. The summed E-state index contributed by atoms with van der Waals surface area (Å²) >= 11 is 0. The van der Waals surface area contributed by atoms with Gasteiger partial charge in [-0.05, 0) is 99.7 Å². The Kier molecular flexibility index (Phi) is 15.9. The lowest BCUT2D eigenvalue weighted by Crippen LogP contribution is -2.67. The van der Waals surface area contributed by atoms with Gasteiger partial charge in [0.05, 0.1) is 57.3 Å². The smallest absolute Gasteiger partial charge is 0.308 e. The maximum Gasteiger partial charge on any atom is 0.308 e. The predicted molar refractivity (Wildman–Crippen MR) is 245 cm³/mol. The molecule has 3 saturated carbocycles. The molecule has 27 atom stereocenters. The number of methoxy groups -OCH3 is 1. The number of carbonyl (C=O) groups excluding carboxylic acids is 2. The molecule has 72 heavy (non-hydrogen) atoms. The van der Waals surface area contributed by atoms with E-state index in [1.54, 1.807) is 0 Å². The SMILES string of the molecule is COC(=O)C[C@@](C)(O)CC(=O)[C@@H]1CCC2(OC1)OC1CC3C4CC=C5C[C@@H](O[C@@H]6O[C@H](CO)[C@@H](O[C@H]7O[C@@H](CO)[C@H](O)[C@@H](O)[C@@H]7O)[C@H](O)[C@H]6O[C@@H]6O[C@@H](C)[C@H](O)[C@@H](O)[C@H]6O)CC[C@]5(C)C4CC[C@]3(C)C1[C@@H]2C. The molecule has 6 unspecified atom stereocenters. The van der Waals surface area contributed by atoms with Crippen LogP contribution in [0, 0.1) is 46.3 Å². The van der Waals surface area contributed by atoms with E-state index in [4.69, 9.17) is 42.6 Å². The van der Waals surface area contributed by atoms with Crippen LogP contribution in [-0.4, -0.2) is 205 Å². The molecule has 5 heterocycles. The molecule has 0 bridgehead atoms. The fourth-order valence-electron chi connectivity index (χ4n) is 15.1. The molecule has 5 aliphatic heterocycles. The fraction of sp³-hybridized carbons (Fsp3) is 0.922. The van der Waals surface area contributed by atoms with E-state index in [0.29, 0.717) is 43.4 Å². The maximum atomic E-state index is 13.3. The number of allylic oxidation sites excluding steroid dienone is 1. The second kappa shape index (κ2) is 20.8. The topological polar surface area (TPSA) is 320 Å². The van der Waals surface area contributed by atoms with Gasteiger partial charge in [-0.3, -0.25) is 9.59 Å². The van der Waals surface area contributed by atoms with Crippen LogP contribution in [0.15, 0.2) is 11.6 Å². The average Bonchev–Trinajstić information content (AvgIpc) is 3.79. The number of hydrogen-bond acceptors (Lipinski definition) is 21. The minimum atomic E-state index is -1.84. The van der Waals surface area contributed by atoms with E-state index in [-0.39, 0.29) is 54.0 Å². The Hall–Kier alpha value is -1.84.